The summed E-state index contributed by atoms with van der Waals surface area (Å²) in [7, 11) is 0. The van der Waals surface area contributed by atoms with Crippen molar-refractivity contribution in [3.63, 3.8) is 0 Å². The number of anilines is 1. The van der Waals surface area contributed by atoms with E-state index in [1.807, 2.05) is 36.1 Å². The van der Waals surface area contributed by atoms with Crippen molar-refractivity contribution >= 4 is 11.7 Å². The summed E-state index contributed by atoms with van der Waals surface area (Å²) in [6.07, 6.45) is 2.47. The van der Waals surface area contributed by atoms with E-state index < -0.39 is 5.97 Å². The molecule has 0 saturated heterocycles. The largest absolute Gasteiger partial charge is 0.477 e. The number of hydrogen-bond acceptors (Lipinski definition) is 2. The molecule has 15 heavy (non-hydrogen) atoms. The molecular weight excluding hydrogens is 190 g/mol. The van der Waals surface area contributed by atoms with Crippen molar-refractivity contribution in [3.8, 4) is 0 Å². The highest BCUT2D eigenvalue weighted by Crippen LogP contribution is 2.29. The van der Waals surface area contributed by atoms with Crippen molar-refractivity contribution in [1.29, 1.82) is 0 Å². The van der Waals surface area contributed by atoms with Crippen molar-refractivity contribution < 1.29 is 9.90 Å². The molecule has 1 aliphatic rings. The lowest BCUT2D eigenvalue weighted by molar-refractivity contribution is -0.132. The van der Waals surface area contributed by atoms with E-state index in [0.717, 1.165) is 5.69 Å². The molecule has 0 unspecified atom stereocenters. The number of nitrogens with zero attached hydrogens (tertiary/aromatic N) is 1. The van der Waals surface area contributed by atoms with Crippen LogP contribution in [-0.4, -0.2) is 17.6 Å². The Labute approximate surface area is 88.6 Å². The summed E-state index contributed by atoms with van der Waals surface area (Å²) in [5.74, 6) is -0.855. The van der Waals surface area contributed by atoms with E-state index in [-0.39, 0.29) is 0 Å². The Morgan fingerprint density at radius 2 is 2.20 bits per heavy atom. The minimum absolute atomic E-state index is 0.385. The maximum absolute atomic E-state index is 11.0. The van der Waals surface area contributed by atoms with E-state index in [0.29, 0.717) is 18.7 Å². The van der Waals surface area contributed by atoms with Crippen LogP contribution in [0.1, 0.15) is 12.5 Å². The van der Waals surface area contributed by atoms with Gasteiger partial charge in [-0.1, -0.05) is 18.2 Å². The predicted molar refractivity (Wildman–Crippen MR) is 58.9 cm³/mol. The number of aliphatic carboxylic acids is 1. The molecule has 0 fully saturated rings. The molecule has 0 spiro atoms. The first-order valence-electron chi connectivity index (χ1n) is 5.03. The zero-order chi connectivity index (χ0) is 10.8. The van der Waals surface area contributed by atoms with Gasteiger partial charge in [0, 0.05) is 12.2 Å². The molecule has 0 amide bonds. The number of hydrogen-bond donors (Lipinski definition) is 1. The van der Waals surface area contributed by atoms with Crippen LogP contribution in [-0.2, 0) is 11.2 Å². The van der Waals surface area contributed by atoms with E-state index in [9.17, 15) is 4.79 Å². The molecule has 0 atom stereocenters. The standard InChI is InChI=1S/C12H13NO2/c1-2-13-10-6-4-3-5-9(10)7-8-11(13)12(14)15/h3-6,8H,2,7H2,1H3,(H,14,15). The average Bonchev–Trinajstić information content (AvgIpc) is 2.27. The van der Waals surface area contributed by atoms with Gasteiger partial charge in [-0.05, 0) is 31.1 Å². The Morgan fingerprint density at radius 3 is 2.87 bits per heavy atom. The summed E-state index contributed by atoms with van der Waals surface area (Å²) in [6.45, 7) is 2.63. The molecule has 0 saturated carbocycles. The molecule has 1 N–H and O–H groups in total. The van der Waals surface area contributed by atoms with Crippen LogP contribution in [0.2, 0.25) is 0 Å². The molecule has 0 bridgehead atoms. The van der Waals surface area contributed by atoms with Gasteiger partial charge in [-0.2, -0.15) is 0 Å². The molecule has 3 nitrogen and oxygen atoms in total. The number of carboxylic acid groups (broad SMARTS) is 1. The van der Waals surface area contributed by atoms with Crippen LogP contribution >= 0.6 is 0 Å². The van der Waals surface area contributed by atoms with E-state index in [2.05, 4.69) is 0 Å². The predicted octanol–water partition coefficient (Wildman–Crippen LogP) is 2.04. The van der Waals surface area contributed by atoms with Gasteiger partial charge in [-0.3, -0.25) is 0 Å². The van der Waals surface area contributed by atoms with Gasteiger partial charge >= 0.3 is 5.97 Å². The van der Waals surface area contributed by atoms with Gasteiger partial charge in [0.1, 0.15) is 5.70 Å². The van der Waals surface area contributed by atoms with Gasteiger partial charge < -0.3 is 10.0 Å². The lowest BCUT2D eigenvalue weighted by Gasteiger charge is -2.29. The van der Waals surface area contributed by atoms with Crippen LogP contribution < -0.4 is 4.90 Å². The molecule has 0 aliphatic carbocycles. The Bertz CT molecular complexity index is 423. The average molecular weight is 203 g/mol. The molecule has 1 aromatic rings. The van der Waals surface area contributed by atoms with Gasteiger partial charge in [0.25, 0.3) is 0 Å². The van der Waals surface area contributed by atoms with Crippen LogP contribution in [0, 0.1) is 0 Å². The number of carbonyl (C=O) groups is 1. The maximum atomic E-state index is 11.0. The number of benzene rings is 1. The van der Waals surface area contributed by atoms with Crippen LogP contribution in [0.15, 0.2) is 36.0 Å². The third-order valence-corrected chi connectivity index (χ3v) is 2.62. The molecule has 1 aliphatic heterocycles. The summed E-state index contributed by atoms with van der Waals surface area (Å²) in [5, 5.41) is 9.06. The van der Waals surface area contributed by atoms with Gasteiger partial charge in [0.05, 0.1) is 0 Å². The number of allylic oxidation sites excluding steroid dienone is 1. The summed E-state index contributed by atoms with van der Waals surface area (Å²) in [6, 6.07) is 7.92. The summed E-state index contributed by atoms with van der Waals surface area (Å²) in [5.41, 5.74) is 2.58. The monoisotopic (exact) mass is 203 g/mol. The second-order valence-electron chi connectivity index (χ2n) is 3.47. The van der Waals surface area contributed by atoms with Crippen molar-refractivity contribution in [3.05, 3.63) is 41.6 Å². The van der Waals surface area contributed by atoms with Gasteiger partial charge in [0.15, 0.2) is 0 Å². The van der Waals surface area contributed by atoms with E-state index >= 15 is 0 Å². The highest BCUT2D eigenvalue weighted by molar-refractivity contribution is 5.92. The Morgan fingerprint density at radius 1 is 1.47 bits per heavy atom. The van der Waals surface area contributed by atoms with E-state index in [1.165, 1.54) is 5.56 Å². The highest BCUT2D eigenvalue weighted by Gasteiger charge is 2.22. The fourth-order valence-corrected chi connectivity index (χ4v) is 1.94. The molecule has 2 rings (SSSR count). The third-order valence-electron chi connectivity index (χ3n) is 2.62. The smallest absolute Gasteiger partial charge is 0.352 e. The Kier molecular flexibility index (Phi) is 2.46. The van der Waals surface area contributed by atoms with Crippen molar-refractivity contribution in [2.45, 2.75) is 13.3 Å². The van der Waals surface area contributed by atoms with Crippen LogP contribution in [0.25, 0.3) is 0 Å². The van der Waals surface area contributed by atoms with E-state index in [1.54, 1.807) is 6.08 Å². The van der Waals surface area contributed by atoms with Gasteiger partial charge in [-0.25, -0.2) is 4.79 Å². The minimum atomic E-state index is -0.855. The van der Waals surface area contributed by atoms with Crippen LogP contribution in [0.5, 0.6) is 0 Å². The molecule has 0 aromatic heterocycles. The van der Waals surface area contributed by atoms with Crippen molar-refractivity contribution in [2.75, 3.05) is 11.4 Å². The summed E-state index contributed by atoms with van der Waals surface area (Å²) < 4.78 is 0. The normalized spacial score (nSPS) is 14.5. The molecular formula is C12H13NO2. The lowest BCUT2D eigenvalue weighted by Crippen LogP contribution is -2.30. The number of rotatable bonds is 2. The van der Waals surface area contributed by atoms with Crippen molar-refractivity contribution in [1.82, 2.24) is 0 Å². The fourth-order valence-electron chi connectivity index (χ4n) is 1.94. The highest BCUT2D eigenvalue weighted by atomic mass is 16.4. The second kappa shape index (κ2) is 3.77. The minimum Gasteiger partial charge on any atom is -0.477 e. The van der Waals surface area contributed by atoms with Crippen LogP contribution in [0.3, 0.4) is 0 Å². The molecule has 3 heteroatoms. The number of carboxylic acids is 1. The van der Waals surface area contributed by atoms with Crippen LogP contribution in [0.4, 0.5) is 5.69 Å². The first kappa shape index (κ1) is 9.77. The number of para-hydroxylation sites is 1. The fraction of sp³-hybridized carbons (Fsp3) is 0.250. The number of fused-ring (bicyclic) bond motifs is 1. The second-order valence-corrected chi connectivity index (χ2v) is 3.47. The molecule has 78 valence electrons. The zero-order valence-corrected chi connectivity index (χ0v) is 8.60. The third kappa shape index (κ3) is 1.61. The summed E-state index contributed by atoms with van der Waals surface area (Å²) in [4.78, 5) is 12.9. The molecule has 0 radical (unpaired) electrons. The Balaban J connectivity index is 2.46. The SMILES string of the molecule is CCN1C(C(=O)O)=CCc2ccccc21. The quantitative estimate of drug-likeness (QED) is 0.799. The topological polar surface area (TPSA) is 40.5 Å². The van der Waals surface area contributed by atoms with Gasteiger partial charge in [-0.15, -0.1) is 0 Å². The van der Waals surface area contributed by atoms with E-state index in [4.69, 9.17) is 5.11 Å². The molecule has 1 heterocycles. The first-order valence-corrected chi connectivity index (χ1v) is 5.03. The molecule has 1 aromatic carbocycles. The van der Waals surface area contributed by atoms with Crippen molar-refractivity contribution in [2.24, 2.45) is 0 Å². The Hall–Kier alpha value is -1.77. The first-order chi connectivity index (χ1) is 7.24. The van der Waals surface area contributed by atoms with Gasteiger partial charge in [0.2, 0.25) is 0 Å². The zero-order valence-electron chi connectivity index (χ0n) is 8.60. The number of likely N-dealkylation sites (N-methyl/N-ethyl adjacent to an activating group) is 1. The maximum Gasteiger partial charge on any atom is 0.352 e. The summed E-state index contributed by atoms with van der Waals surface area (Å²) >= 11 is 0. The lowest BCUT2D eigenvalue weighted by atomic mass is 10.0.